The first-order chi connectivity index (χ1) is 8.67. The summed E-state index contributed by atoms with van der Waals surface area (Å²) in [6.07, 6.45) is 5.04. The fraction of sp³-hybridized carbons (Fsp3) is 0.214. The topological polar surface area (TPSA) is 55.8 Å². The van der Waals surface area contributed by atoms with Crippen molar-refractivity contribution in [2.75, 3.05) is 13.7 Å². The van der Waals surface area contributed by atoms with E-state index in [2.05, 4.69) is 6.58 Å². The van der Waals surface area contributed by atoms with Gasteiger partial charge in [0.15, 0.2) is 0 Å². The highest BCUT2D eigenvalue weighted by Crippen LogP contribution is 2.25. The molecule has 96 valence electrons. The number of rotatable bonds is 7. The van der Waals surface area contributed by atoms with Gasteiger partial charge in [-0.25, -0.2) is 4.79 Å². The third kappa shape index (κ3) is 4.33. The molecular formula is C14H16O4. The molecule has 18 heavy (non-hydrogen) atoms. The molecule has 0 saturated carbocycles. The Kier molecular flexibility index (Phi) is 5.51. The Bertz CT molecular complexity index is 449. The number of carbonyl (C=O) groups is 1. The Balaban J connectivity index is 2.92. The van der Waals surface area contributed by atoms with Crippen LogP contribution in [-0.2, 0) is 4.79 Å². The monoisotopic (exact) mass is 248 g/mol. The summed E-state index contributed by atoms with van der Waals surface area (Å²) in [6, 6.07) is 5.24. The maximum Gasteiger partial charge on any atom is 0.328 e. The van der Waals surface area contributed by atoms with Crippen LogP contribution in [0.1, 0.15) is 12.0 Å². The molecule has 0 aromatic heterocycles. The Hall–Kier alpha value is -2.23. The summed E-state index contributed by atoms with van der Waals surface area (Å²) in [5.41, 5.74) is 0.667. The van der Waals surface area contributed by atoms with E-state index in [0.717, 1.165) is 12.5 Å². The molecule has 0 bridgehead atoms. The zero-order valence-corrected chi connectivity index (χ0v) is 10.3. The summed E-state index contributed by atoms with van der Waals surface area (Å²) in [5.74, 6) is 0.265. The first kappa shape index (κ1) is 13.8. The van der Waals surface area contributed by atoms with Crippen molar-refractivity contribution in [1.29, 1.82) is 0 Å². The number of hydrogen-bond donors (Lipinski definition) is 1. The highest BCUT2D eigenvalue weighted by molar-refractivity contribution is 5.86. The van der Waals surface area contributed by atoms with Crippen LogP contribution in [0.5, 0.6) is 11.5 Å². The third-order valence-corrected chi connectivity index (χ3v) is 2.20. The van der Waals surface area contributed by atoms with E-state index >= 15 is 0 Å². The van der Waals surface area contributed by atoms with Crippen LogP contribution < -0.4 is 9.47 Å². The molecule has 1 aromatic carbocycles. The molecule has 0 amide bonds. The van der Waals surface area contributed by atoms with Crippen molar-refractivity contribution in [3.05, 3.63) is 42.5 Å². The summed E-state index contributed by atoms with van der Waals surface area (Å²) < 4.78 is 10.6. The molecule has 1 aromatic rings. The van der Waals surface area contributed by atoms with Crippen molar-refractivity contribution >= 4 is 12.0 Å². The van der Waals surface area contributed by atoms with Crippen molar-refractivity contribution in [2.45, 2.75) is 6.42 Å². The largest absolute Gasteiger partial charge is 0.497 e. The molecule has 0 saturated heterocycles. The minimum absolute atomic E-state index is 0.504. The lowest BCUT2D eigenvalue weighted by Gasteiger charge is -2.09. The molecule has 4 nitrogen and oxygen atoms in total. The molecule has 0 spiro atoms. The minimum atomic E-state index is -1.00. The molecule has 1 N–H and O–H groups in total. The van der Waals surface area contributed by atoms with Crippen molar-refractivity contribution in [3.63, 3.8) is 0 Å². The number of ether oxygens (including phenoxy) is 2. The molecule has 0 radical (unpaired) electrons. The van der Waals surface area contributed by atoms with Gasteiger partial charge in [0, 0.05) is 11.6 Å². The number of methoxy groups -OCH3 is 1. The Morgan fingerprint density at radius 3 is 2.89 bits per heavy atom. The quantitative estimate of drug-likeness (QED) is 0.458. The van der Waals surface area contributed by atoms with E-state index in [1.165, 1.54) is 6.08 Å². The highest BCUT2D eigenvalue weighted by atomic mass is 16.5. The zero-order valence-electron chi connectivity index (χ0n) is 10.3. The lowest BCUT2D eigenvalue weighted by molar-refractivity contribution is -0.131. The molecule has 0 fully saturated rings. The van der Waals surface area contributed by atoms with Crippen molar-refractivity contribution in [3.8, 4) is 11.5 Å². The van der Waals surface area contributed by atoms with Crippen molar-refractivity contribution in [2.24, 2.45) is 0 Å². The van der Waals surface area contributed by atoms with Crippen LogP contribution in [-0.4, -0.2) is 24.8 Å². The number of hydrogen-bond acceptors (Lipinski definition) is 3. The van der Waals surface area contributed by atoms with Crippen molar-refractivity contribution in [1.82, 2.24) is 0 Å². The van der Waals surface area contributed by atoms with Crippen LogP contribution in [0.4, 0.5) is 0 Å². The lowest BCUT2D eigenvalue weighted by Crippen LogP contribution is -1.98. The van der Waals surface area contributed by atoms with Crippen LogP contribution >= 0.6 is 0 Å². The molecule has 0 heterocycles. The maximum atomic E-state index is 10.5. The second-order valence-corrected chi connectivity index (χ2v) is 3.50. The van der Waals surface area contributed by atoms with E-state index in [9.17, 15) is 4.79 Å². The fourth-order valence-electron chi connectivity index (χ4n) is 1.33. The van der Waals surface area contributed by atoms with Gasteiger partial charge < -0.3 is 14.6 Å². The molecule has 4 heteroatoms. The standard InChI is InChI=1S/C14H16O4/c1-3-4-9-18-13-7-6-12(17-2)10-11(13)5-8-14(15)16/h3,5-8,10H,1,4,9H2,2H3,(H,15,16). The zero-order chi connectivity index (χ0) is 13.4. The average Bonchev–Trinajstić information content (AvgIpc) is 2.37. The summed E-state index contributed by atoms with van der Waals surface area (Å²) in [6.45, 7) is 4.11. The van der Waals surface area contributed by atoms with Gasteiger partial charge in [-0.1, -0.05) is 6.08 Å². The van der Waals surface area contributed by atoms with Gasteiger partial charge >= 0.3 is 5.97 Å². The molecule has 0 aliphatic rings. The molecule has 0 unspecified atom stereocenters. The van der Waals surface area contributed by atoms with Gasteiger partial charge in [-0.3, -0.25) is 0 Å². The number of carboxylic acid groups (broad SMARTS) is 1. The predicted octanol–water partition coefficient (Wildman–Crippen LogP) is 2.75. The van der Waals surface area contributed by atoms with E-state index in [0.29, 0.717) is 23.7 Å². The second kappa shape index (κ2) is 7.17. The van der Waals surface area contributed by atoms with Gasteiger partial charge in [0.05, 0.1) is 13.7 Å². The Labute approximate surface area is 106 Å². The van der Waals surface area contributed by atoms with Crippen LogP contribution in [0.3, 0.4) is 0 Å². The number of aliphatic carboxylic acids is 1. The minimum Gasteiger partial charge on any atom is -0.497 e. The van der Waals surface area contributed by atoms with Crippen LogP contribution in [0.2, 0.25) is 0 Å². The van der Waals surface area contributed by atoms with Gasteiger partial charge in [0.2, 0.25) is 0 Å². The van der Waals surface area contributed by atoms with Gasteiger partial charge in [-0.05, 0) is 30.7 Å². The molecule has 1 rings (SSSR count). The number of carboxylic acids is 1. The van der Waals surface area contributed by atoms with E-state index in [1.54, 1.807) is 31.4 Å². The van der Waals surface area contributed by atoms with Crippen LogP contribution in [0.25, 0.3) is 6.08 Å². The molecule has 0 atom stereocenters. The van der Waals surface area contributed by atoms with Gasteiger partial charge in [-0.15, -0.1) is 6.58 Å². The summed E-state index contributed by atoms with van der Waals surface area (Å²) in [7, 11) is 1.55. The molecular weight excluding hydrogens is 232 g/mol. The smallest absolute Gasteiger partial charge is 0.328 e. The van der Waals surface area contributed by atoms with E-state index in [4.69, 9.17) is 14.6 Å². The first-order valence-electron chi connectivity index (χ1n) is 5.50. The van der Waals surface area contributed by atoms with E-state index in [1.807, 2.05) is 0 Å². The average molecular weight is 248 g/mol. The van der Waals surface area contributed by atoms with Crippen molar-refractivity contribution < 1.29 is 19.4 Å². The molecule has 0 aliphatic heterocycles. The summed E-state index contributed by atoms with van der Waals surface area (Å²) in [4.78, 5) is 10.5. The Morgan fingerprint density at radius 2 is 2.28 bits per heavy atom. The summed E-state index contributed by atoms with van der Waals surface area (Å²) in [5, 5.41) is 8.63. The lowest BCUT2D eigenvalue weighted by atomic mass is 10.1. The van der Waals surface area contributed by atoms with Crippen LogP contribution in [0.15, 0.2) is 36.9 Å². The van der Waals surface area contributed by atoms with Gasteiger partial charge in [0.1, 0.15) is 11.5 Å². The second-order valence-electron chi connectivity index (χ2n) is 3.50. The van der Waals surface area contributed by atoms with E-state index in [-0.39, 0.29) is 0 Å². The molecule has 0 aliphatic carbocycles. The van der Waals surface area contributed by atoms with Gasteiger partial charge in [0.25, 0.3) is 0 Å². The third-order valence-electron chi connectivity index (χ3n) is 2.20. The number of benzene rings is 1. The predicted molar refractivity (Wildman–Crippen MR) is 70.0 cm³/mol. The normalized spacial score (nSPS) is 10.3. The highest BCUT2D eigenvalue weighted by Gasteiger charge is 2.03. The Morgan fingerprint density at radius 1 is 1.50 bits per heavy atom. The van der Waals surface area contributed by atoms with Crippen LogP contribution in [0, 0.1) is 0 Å². The summed E-state index contributed by atoms with van der Waals surface area (Å²) >= 11 is 0. The fourth-order valence-corrected chi connectivity index (χ4v) is 1.33. The van der Waals surface area contributed by atoms with Gasteiger partial charge in [-0.2, -0.15) is 0 Å². The maximum absolute atomic E-state index is 10.5. The van der Waals surface area contributed by atoms with E-state index < -0.39 is 5.97 Å². The first-order valence-corrected chi connectivity index (χ1v) is 5.50. The SMILES string of the molecule is C=CCCOc1ccc(OC)cc1C=CC(=O)O.